The van der Waals surface area contributed by atoms with Crippen LogP contribution in [0.3, 0.4) is 0 Å². The summed E-state index contributed by atoms with van der Waals surface area (Å²) in [4.78, 5) is 18.1. The second-order valence-corrected chi connectivity index (χ2v) is 6.98. The van der Waals surface area contributed by atoms with E-state index in [1.165, 1.54) is 0 Å². The molecule has 0 aliphatic carbocycles. The number of para-hydroxylation sites is 2. The summed E-state index contributed by atoms with van der Waals surface area (Å²) in [5.41, 5.74) is 7.79. The molecule has 26 heavy (non-hydrogen) atoms. The van der Waals surface area contributed by atoms with Gasteiger partial charge in [-0.2, -0.15) is 5.10 Å². The molecule has 0 saturated heterocycles. The Labute approximate surface area is 156 Å². The third-order valence-corrected chi connectivity index (χ3v) is 5.30. The van der Waals surface area contributed by atoms with E-state index in [4.69, 9.17) is 4.74 Å². The molecule has 0 aromatic heterocycles. The number of hydrogen-bond donors (Lipinski definition) is 1. The van der Waals surface area contributed by atoms with E-state index in [0.717, 1.165) is 39.1 Å². The Morgan fingerprint density at radius 3 is 2.88 bits per heavy atom. The number of nitrogens with zero attached hydrogens (tertiary/aromatic N) is 3. The fraction of sp³-hybridized carbons (Fsp3) is 0.211. The summed E-state index contributed by atoms with van der Waals surface area (Å²) < 4.78 is 5.33. The highest BCUT2D eigenvalue weighted by Crippen LogP contribution is 2.30. The topological polar surface area (TPSA) is 66.3 Å². The number of rotatable bonds is 3. The summed E-state index contributed by atoms with van der Waals surface area (Å²) in [5, 5.41) is 5.20. The van der Waals surface area contributed by atoms with Crippen LogP contribution >= 0.6 is 11.8 Å². The quantitative estimate of drug-likeness (QED) is 0.907. The normalized spacial score (nSPS) is 17.8. The van der Waals surface area contributed by atoms with Crippen molar-refractivity contribution in [3.8, 4) is 5.75 Å². The zero-order valence-electron chi connectivity index (χ0n) is 14.5. The van der Waals surface area contributed by atoms with E-state index in [9.17, 15) is 4.79 Å². The molecule has 2 aromatic rings. The summed E-state index contributed by atoms with van der Waals surface area (Å²) in [5.74, 6) is 1.56. The van der Waals surface area contributed by atoms with Crippen molar-refractivity contribution in [1.82, 2.24) is 5.43 Å². The molecule has 6 nitrogen and oxygen atoms in total. The van der Waals surface area contributed by atoms with Crippen LogP contribution in [0.2, 0.25) is 0 Å². The summed E-state index contributed by atoms with van der Waals surface area (Å²) in [6.07, 6.45) is 0.452. The number of fused-ring (bicyclic) bond motifs is 1. The van der Waals surface area contributed by atoms with Gasteiger partial charge in [-0.3, -0.25) is 10.2 Å². The van der Waals surface area contributed by atoms with Gasteiger partial charge in [0.1, 0.15) is 11.4 Å². The van der Waals surface area contributed by atoms with Gasteiger partial charge in [0.15, 0.2) is 5.17 Å². The van der Waals surface area contributed by atoms with Gasteiger partial charge in [-0.25, -0.2) is 4.99 Å². The van der Waals surface area contributed by atoms with E-state index >= 15 is 0 Å². The highest BCUT2D eigenvalue weighted by atomic mass is 32.2. The van der Waals surface area contributed by atoms with Crippen molar-refractivity contribution in [1.29, 1.82) is 0 Å². The first-order chi connectivity index (χ1) is 12.7. The standard InChI is InChI=1S/C19H18N4O2S/c1-23-16-8-7-12(9-13(16)10-18(23)24)15-11-26-19(22-21-15)20-14-5-3-4-6-17(14)25-2/h3-9H,10-11H2,1-2H3,(H,20,22). The Hall–Kier alpha value is -2.80. The maximum absolute atomic E-state index is 11.8. The minimum atomic E-state index is 0.126. The van der Waals surface area contributed by atoms with Crippen LogP contribution in [0.1, 0.15) is 11.1 Å². The van der Waals surface area contributed by atoms with Gasteiger partial charge in [-0.05, 0) is 35.4 Å². The van der Waals surface area contributed by atoms with Crippen LogP contribution in [0, 0.1) is 0 Å². The molecule has 0 bridgehead atoms. The Bertz CT molecular complexity index is 939. The summed E-state index contributed by atoms with van der Waals surface area (Å²) in [6, 6.07) is 13.7. The average molecular weight is 366 g/mol. The average Bonchev–Trinajstić information content (AvgIpc) is 2.96. The number of nitrogens with one attached hydrogen (secondary N) is 1. The molecule has 1 amide bonds. The lowest BCUT2D eigenvalue weighted by Crippen LogP contribution is -2.25. The maximum atomic E-state index is 11.8. The van der Waals surface area contributed by atoms with Gasteiger partial charge in [0.2, 0.25) is 5.91 Å². The molecule has 0 radical (unpaired) electrons. The molecule has 1 N–H and O–H groups in total. The van der Waals surface area contributed by atoms with Crippen molar-refractivity contribution in [3.05, 3.63) is 53.6 Å². The van der Waals surface area contributed by atoms with Crippen molar-refractivity contribution in [2.45, 2.75) is 6.42 Å². The molecule has 0 fully saturated rings. The number of benzene rings is 2. The van der Waals surface area contributed by atoms with Gasteiger partial charge in [0, 0.05) is 18.5 Å². The lowest BCUT2D eigenvalue weighted by atomic mass is 10.1. The number of ether oxygens (including phenoxy) is 1. The molecule has 2 aromatic carbocycles. The van der Waals surface area contributed by atoms with Gasteiger partial charge in [-0.1, -0.05) is 30.0 Å². The number of hydrogen-bond acceptors (Lipinski definition) is 5. The van der Waals surface area contributed by atoms with Crippen molar-refractivity contribution < 1.29 is 9.53 Å². The molecular weight excluding hydrogens is 348 g/mol. The van der Waals surface area contributed by atoms with E-state index in [-0.39, 0.29) is 5.91 Å². The van der Waals surface area contributed by atoms with Gasteiger partial charge in [-0.15, -0.1) is 0 Å². The predicted octanol–water partition coefficient (Wildman–Crippen LogP) is 2.94. The number of likely N-dealkylation sites (N-methyl/N-ethyl adjacent to an activating group) is 1. The Kier molecular flexibility index (Phi) is 4.38. The minimum Gasteiger partial charge on any atom is -0.494 e. The zero-order chi connectivity index (χ0) is 18.1. The number of methoxy groups -OCH3 is 1. The lowest BCUT2D eigenvalue weighted by Gasteiger charge is -2.16. The van der Waals surface area contributed by atoms with E-state index in [1.54, 1.807) is 23.8 Å². The second-order valence-electron chi connectivity index (χ2n) is 6.02. The smallest absolute Gasteiger partial charge is 0.231 e. The number of amidine groups is 1. The molecule has 2 aliphatic heterocycles. The van der Waals surface area contributed by atoms with Crippen LogP contribution in [0.25, 0.3) is 0 Å². The van der Waals surface area contributed by atoms with Crippen LogP contribution in [-0.4, -0.2) is 36.7 Å². The molecular formula is C19H18N4O2S. The molecule has 7 heteroatoms. The molecule has 132 valence electrons. The van der Waals surface area contributed by atoms with E-state index in [1.807, 2.05) is 43.4 Å². The molecule has 2 aliphatic rings. The minimum absolute atomic E-state index is 0.126. The maximum Gasteiger partial charge on any atom is 0.231 e. The fourth-order valence-electron chi connectivity index (χ4n) is 3.00. The molecule has 0 atom stereocenters. The molecule has 0 unspecified atom stereocenters. The first-order valence-electron chi connectivity index (χ1n) is 8.22. The first kappa shape index (κ1) is 16.7. The fourth-order valence-corrected chi connectivity index (χ4v) is 3.78. The number of anilines is 1. The third-order valence-electron chi connectivity index (χ3n) is 4.43. The summed E-state index contributed by atoms with van der Waals surface area (Å²) in [7, 11) is 3.44. The van der Waals surface area contributed by atoms with E-state index in [2.05, 4.69) is 21.6 Å². The zero-order valence-corrected chi connectivity index (χ0v) is 15.3. The molecule has 0 spiro atoms. The van der Waals surface area contributed by atoms with Crippen molar-refractivity contribution in [3.63, 3.8) is 0 Å². The van der Waals surface area contributed by atoms with Gasteiger partial charge >= 0.3 is 0 Å². The molecule has 4 rings (SSSR count). The second kappa shape index (κ2) is 6.84. The number of hydrazone groups is 1. The lowest BCUT2D eigenvalue weighted by molar-refractivity contribution is -0.117. The van der Waals surface area contributed by atoms with Crippen LogP contribution in [0.15, 0.2) is 52.6 Å². The van der Waals surface area contributed by atoms with Crippen molar-refractivity contribution in [2.75, 3.05) is 24.8 Å². The Morgan fingerprint density at radius 2 is 2.12 bits per heavy atom. The first-order valence-corrected chi connectivity index (χ1v) is 9.21. The van der Waals surface area contributed by atoms with Crippen LogP contribution < -0.4 is 15.1 Å². The highest BCUT2D eigenvalue weighted by molar-refractivity contribution is 8.14. The van der Waals surface area contributed by atoms with Gasteiger partial charge in [0.05, 0.1) is 19.2 Å². The SMILES string of the molecule is COc1ccccc1N=C1NN=C(c2ccc3c(c2)CC(=O)N3C)CS1. The van der Waals surface area contributed by atoms with Crippen molar-refractivity contribution in [2.24, 2.45) is 10.1 Å². The summed E-state index contributed by atoms with van der Waals surface area (Å²) >= 11 is 1.59. The highest BCUT2D eigenvalue weighted by Gasteiger charge is 2.25. The third kappa shape index (κ3) is 3.06. The van der Waals surface area contributed by atoms with Crippen LogP contribution in [0.4, 0.5) is 11.4 Å². The van der Waals surface area contributed by atoms with Gasteiger partial charge < -0.3 is 9.64 Å². The Morgan fingerprint density at radius 1 is 1.27 bits per heavy atom. The largest absolute Gasteiger partial charge is 0.494 e. The molecule has 2 heterocycles. The van der Waals surface area contributed by atoms with Crippen LogP contribution in [0.5, 0.6) is 5.75 Å². The van der Waals surface area contributed by atoms with Gasteiger partial charge in [0.25, 0.3) is 0 Å². The summed E-state index contributed by atoms with van der Waals surface area (Å²) in [6.45, 7) is 0. The van der Waals surface area contributed by atoms with E-state index in [0.29, 0.717) is 12.2 Å². The number of carbonyl (C=O) groups is 1. The Balaban J connectivity index is 1.54. The number of amides is 1. The monoisotopic (exact) mass is 366 g/mol. The number of carbonyl (C=O) groups excluding carboxylic acids is 1. The van der Waals surface area contributed by atoms with Crippen molar-refractivity contribution >= 4 is 39.9 Å². The molecule has 0 saturated carbocycles. The predicted molar refractivity (Wildman–Crippen MR) is 106 cm³/mol. The van der Waals surface area contributed by atoms with Crippen LogP contribution in [-0.2, 0) is 11.2 Å². The number of thioether (sulfide) groups is 1. The number of aliphatic imine (C=N–C) groups is 1. The van der Waals surface area contributed by atoms with E-state index < -0.39 is 0 Å².